The molecule has 0 aliphatic carbocycles. The van der Waals surface area contributed by atoms with Gasteiger partial charge in [0.25, 0.3) is 0 Å². The molecule has 1 amide bonds. The molecule has 2 aromatic rings. The van der Waals surface area contributed by atoms with Gasteiger partial charge in [-0.15, -0.1) is 0 Å². The summed E-state index contributed by atoms with van der Waals surface area (Å²) in [7, 11) is 0. The molecule has 2 atom stereocenters. The molecule has 2 aromatic carbocycles. The van der Waals surface area contributed by atoms with E-state index in [0.717, 1.165) is 21.2 Å². The fourth-order valence-corrected chi connectivity index (χ4v) is 2.50. The van der Waals surface area contributed by atoms with E-state index >= 15 is 0 Å². The standard InChI is InChI=1S/C17H19BrN2O/c1-11-6-8-13(9-7-11)16(19)17(21)20-12(2)14-4-3-5-15(18)10-14/h3-10,12,16H,19H2,1-2H3,(H,20,21)/t12-,16?/m1/s1. The zero-order chi connectivity index (χ0) is 15.4. The number of rotatable bonds is 4. The molecule has 0 bridgehead atoms. The van der Waals surface area contributed by atoms with E-state index in [0.29, 0.717) is 0 Å². The van der Waals surface area contributed by atoms with E-state index in [1.807, 2.05) is 62.4 Å². The predicted octanol–water partition coefficient (Wildman–Crippen LogP) is 3.63. The van der Waals surface area contributed by atoms with Crippen LogP contribution in [0.15, 0.2) is 53.0 Å². The van der Waals surface area contributed by atoms with Gasteiger partial charge in [0, 0.05) is 4.47 Å². The Hall–Kier alpha value is -1.65. The molecule has 1 unspecified atom stereocenters. The van der Waals surface area contributed by atoms with Crippen molar-refractivity contribution in [3.63, 3.8) is 0 Å². The Morgan fingerprint density at radius 1 is 1.14 bits per heavy atom. The maximum Gasteiger partial charge on any atom is 0.241 e. The summed E-state index contributed by atoms with van der Waals surface area (Å²) in [5.74, 6) is -0.175. The molecule has 0 saturated carbocycles. The third-order valence-corrected chi connectivity index (χ3v) is 3.92. The molecule has 3 nitrogen and oxygen atoms in total. The first-order valence-electron chi connectivity index (χ1n) is 6.85. The van der Waals surface area contributed by atoms with E-state index in [1.165, 1.54) is 0 Å². The fraction of sp³-hybridized carbons (Fsp3) is 0.235. The summed E-state index contributed by atoms with van der Waals surface area (Å²) in [6.45, 7) is 3.95. The van der Waals surface area contributed by atoms with Crippen LogP contribution in [0.2, 0.25) is 0 Å². The Labute approximate surface area is 133 Å². The summed E-state index contributed by atoms with van der Waals surface area (Å²) in [5.41, 5.74) is 9.03. The minimum absolute atomic E-state index is 0.0912. The zero-order valence-corrected chi connectivity index (χ0v) is 13.7. The van der Waals surface area contributed by atoms with Crippen LogP contribution in [0.4, 0.5) is 0 Å². The predicted molar refractivity (Wildman–Crippen MR) is 88.8 cm³/mol. The maximum absolute atomic E-state index is 12.2. The molecule has 0 aromatic heterocycles. The highest BCUT2D eigenvalue weighted by Gasteiger charge is 2.18. The Morgan fingerprint density at radius 3 is 2.43 bits per heavy atom. The summed E-state index contributed by atoms with van der Waals surface area (Å²) >= 11 is 3.43. The fourth-order valence-electron chi connectivity index (χ4n) is 2.09. The Kier molecular flexibility index (Phi) is 5.15. The van der Waals surface area contributed by atoms with Crippen LogP contribution in [0.3, 0.4) is 0 Å². The molecule has 0 aliphatic rings. The topological polar surface area (TPSA) is 55.1 Å². The van der Waals surface area contributed by atoms with Crippen LogP contribution in [0.25, 0.3) is 0 Å². The van der Waals surface area contributed by atoms with Crippen LogP contribution in [-0.2, 0) is 4.79 Å². The van der Waals surface area contributed by atoms with Gasteiger partial charge in [-0.2, -0.15) is 0 Å². The second kappa shape index (κ2) is 6.87. The number of benzene rings is 2. The number of amides is 1. The number of hydrogen-bond acceptors (Lipinski definition) is 2. The molecule has 110 valence electrons. The van der Waals surface area contributed by atoms with Crippen molar-refractivity contribution in [3.8, 4) is 0 Å². The molecular formula is C17H19BrN2O. The van der Waals surface area contributed by atoms with E-state index < -0.39 is 6.04 Å². The van der Waals surface area contributed by atoms with Gasteiger partial charge < -0.3 is 11.1 Å². The number of halogens is 1. The Bertz CT molecular complexity index is 625. The first kappa shape index (κ1) is 15.7. The van der Waals surface area contributed by atoms with Gasteiger partial charge in [-0.05, 0) is 37.1 Å². The third kappa shape index (κ3) is 4.16. The number of nitrogens with two attached hydrogens (primary N) is 1. The molecule has 0 fully saturated rings. The van der Waals surface area contributed by atoms with Gasteiger partial charge in [0.1, 0.15) is 6.04 Å². The lowest BCUT2D eigenvalue weighted by Gasteiger charge is -2.18. The number of nitrogens with one attached hydrogen (secondary N) is 1. The molecule has 0 spiro atoms. The lowest BCUT2D eigenvalue weighted by molar-refractivity contribution is -0.123. The molecule has 3 N–H and O–H groups in total. The van der Waals surface area contributed by atoms with E-state index in [4.69, 9.17) is 5.73 Å². The highest BCUT2D eigenvalue weighted by molar-refractivity contribution is 9.10. The van der Waals surface area contributed by atoms with E-state index in [9.17, 15) is 4.79 Å². The second-order valence-corrected chi connectivity index (χ2v) is 6.09. The monoisotopic (exact) mass is 346 g/mol. The molecule has 0 aliphatic heterocycles. The average molecular weight is 347 g/mol. The van der Waals surface area contributed by atoms with E-state index in [2.05, 4.69) is 21.2 Å². The second-order valence-electron chi connectivity index (χ2n) is 5.17. The summed E-state index contributed by atoms with van der Waals surface area (Å²) < 4.78 is 0.990. The van der Waals surface area contributed by atoms with Crippen molar-refractivity contribution in [2.75, 3.05) is 0 Å². The lowest BCUT2D eigenvalue weighted by atomic mass is 10.0. The van der Waals surface area contributed by atoms with Crippen molar-refractivity contribution in [1.29, 1.82) is 0 Å². The van der Waals surface area contributed by atoms with Crippen molar-refractivity contribution in [3.05, 3.63) is 69.7 Å². The van der Waals surface area contributed by atoms with Gasteiger partial charge >= 0.3 is 0 Å². The highest BCUT2D eigenvalue weighted by atomic mass is 79.9. The number of carbonyl (C=O) groups excluding carboxylic acids is 1. The molecule has 2 rings (SSSR count). The zero-order valence-electron chi connectivity index (χ0n) is 12.1. The number of aryl methyl sites for hydroxylation is 1. The number of hydrogen-bond donors (Lipinski definition) is 2. The highest BCUT2D eigenvalue weighted by Crippen LogP contribution is 2.19. The third-order valence-electron chi connectivity index (χ3n) is 3.43. The van der Waals surface area contributed by atoms with Gasteiger partial charge in [0.15, 0.2) is 0 Å². The van der Waals surface area contributed by atoms with Crippen LogP contribution >= 0.6 is 15.9 Å². The van der Waals surface area contributed by atoms with Crippen molar-refractivity contribution in [2.24, 2.45) is 5.73 Å². The quantitative estimate of drug-likeness (QED) is 0.887. The van der Waals surface area contributed by atoms with Crippen molar-refractivity contribution < 1.29 is 4.79 Å². The largest absolute Gasteiger partial charge is 0.348 e. The van der Waals surface area contributed by atoms with E-state index in [1.54, 1.807) is 0 Å². The van der Waals surface area contributed by atoms with Gasteiger partial charge in [-0.25, -0.2) is 0 Å². The smallest absolute Gasteiger partial charge is 0.241 e. The van der Waals surface area contributed by atoms with Crippen molar-refractivity contribution >= 4 is 21.8 Å². The first-order valence-corrected chi connectivity index (χ1v) is 7.64. The van der Waals surface area contributed by atoms with Crippen LogP contribution in [0.5, 0.6) is 0 Å². The molecule has 0 saturated heterocycles. The summed E-state index contributed by atoms with van der Waals surface area (Å²) in [4.78, 5) is 12.2. The minimum Gasteiger partial charge on any atom is -0.348 e. The lowest BCUT2D eigenvalue weighted by Crippen LogP contribution is -2.35. The van der Waals surface area contributed by atoms with Crippen LogP contribution in [0, 0.1) is 6.92 Å². The molecule has 4 heteroatoms. The normalized spacial score (nSPS) is 13.5. The summed E-state index contributed by atoms with van der Waals surface area (Å²) in [5, 5.41) is 2.95. The molecule has 21 heavy (non-hydrogen) atoms. The first-order chi connectivity index (χ1) is 9.97. The molecule has 0 radical (unpaired) electrons. The van der Waals surface area contributed by atoms with Gasteiger partial charge in [0.2, 0.25) is 5.91 Å². The van der Waals surface area contributed by atoms with E-state index in [-0.39, 0.29) is 11.9 Å². The van der Waals surface area contributed by atoms with Crippen LogP contribution < -0.4 is 11.1 Å². The summed E-state index contributed by atoms with van der Waals surface area (Å²) in [6, 6.07) is 14.8. The van der Waals surface area contributed by atoms with Gasteiger partial charge in [0.05, 0.1) is 6.04 Å². The van der Waals surface area contributed by atoms with Gasteiger partial charge in [-0.3, -0.25) is 4.79 Å². The summed E-state index contributed by atoms with van der Waals surface area (Å²) in [6.07, 6.45) is 0. The molecule has 0 heterocycles. The van der Waals surface area contributed by atoms with Crippen LogP contribution in [-0.4, -0.2) is 5.91 Å². The van der Waals surface area contributed by atoms with Gasteiger partial charge in [-0.1, -0.05) is 57.9 Å². The molecular weight excluding hydrogens is 328 g/mol. The van der Waals surface area contributed by atoms with Crippen molar-refractivity contribution in [2.45, 2.75) is 25.9 Å². The Balaban J connectivity index is 2.05. The maximum atomic E-state index is 12.2. The minimum atomic E-state index is -0.653. The van der Waals surface area contributed by atoms with Crippen LogP contribution in [0.1, 0.15) is 35.7 Å². The Morgan fingerprint density at radius 2 is 1.81 bits per heavy atom. The number of carbonyl (C=O) groups is 1. The van der Waals surface area contributed by atoms with Crippen molar-refractivity contribution in [1.82, 2.24) is 5.32 Å². The average Bonchev–Trinajstić information content (AvgIpc) is 2.47. The SMILES string of the molecule is Cc1ccc(C(N)C(=O)N[C@H](C)c2cccc(Br)c2)cc1.